The summed E-state index contributed by atoms with van der Waals surface area (Å²) in [5, 5.41) is 21.1. The zero-order chi connectivity index (χ0) is 24.4. The monoisotopic (exact) mass is 488 g/mol. The Labute approximate surface area is 213 Å². The van der Waals surface area contributed by atoms with Crippen molar-refractivity contribution in [2.75, 3.05) is 19.6 Å². The van der Waals surface area contributed by atoms with Crippen LogP contribution >= 0.6 is 0 Å². The van der Waals surface area contributed by atoms with Gasteiger partial charge >= 0.3 is 0 Å². The largest absolute Gasteiger partial charge is 0.416 e. The lowest BCUT2D eigenvalue weighted by atomic mass is 9.73. The van der Waals surface area contributed by atoms with Crippen LogP contribution in [0.3, 0.4) is 0 Å². The van der Waals surface area contributed by atoms with Gasteiger partial charge in [0, 0.05) is 24.7 Å². The number of rotatable bonds is 8. The number of aromatic nitrogens is 2. The predicted molar refractivity (Wildman–Crippen MR) is 137 cm³/mol. The Morgan fingerprint density at radius 2 is 1.58 bits per heavy atom. The predicted octanol–water partition coefficient (Wildman–Crippen LogP) is 5.21. The van der Waals surface area contributed by atoms with Gasteiger partial charge in [0.2, 0.25) is 0 Å². The molecule has 3 aliphatic heterocycles. The van der Waals surface area contributed by atoms with Crippen LogP contribution in [0.1, 0.15) is 67.9 Å². The zero-order valence-electron chi connectivity index (χ0n) is 21.1. The molecule has 0 unspecified atom stereocenters. The molecule has 1 N–H and O–H groups in total. The third-order valence-electron chi connectivity index (χ3n) is 9.02. The molecular formula is C30H38N3O3+. The molecule has 2 aromatic carbocycles. The quantitative estimate of drug-likeness (QED) is 0.441. The number of aliphatic hydroxyl groups is 1. The summed E-state index contributed by atoms with van der Waals surface area (Å²) in [5.74, 6) is 1.73. The first-order valence-electron chi connectivity index (χ1n) is 13.8. The topological polar surface area (TPSA) is 68.4 Å². The number of ether oxygens (including phenoxy) is 1. The molecule has 3 aromatic rings. The molecule has 4 heterocycles. The fourth-order valence-corrected chi connectivity index (χ4v) is 6.91. The molecule has 6 nitrogen and oxygen atoms in total. The van der Waals surface area contributed by atoms with Crippen molar-refractivity contribution in [1.29, 1.82) is 0 Å². The molecule has 2 bridgehead atoms. The maximum absolute atomic E-state index is 12.1. The Bertz CT molecular complexity index is 1120. The fraction of sp³-hybridized carbons (Fsp3) is 0.533. The first-order chi connectivity index (χ1) is 17.6. The molecule has 1 aliphatic carbocycles. The van der Waals surface area contributed by atoms with Gasteiger partial charge in [-0.1, -0.05) is 79.9 Å². The second-order valence-corrected chi connectivity index (χ2v) is 11.3. The fourth-order valence-electron chi connectivity index (χ4n) is 6.91. The van der Waals surface area contributed by atoms with Gasteiger partial charge in [0.15, 0.2) is 12.1 Å². The summed E-state index contributed by atoms with van der Waals surface area (Å²) in [6.45, 7) is 4.61. The average Bonchev–Trinajstić information content (AvgIpc) is 3.42. The number of hydrogen-bond acceptors (Lipinski definition) is 5. The summed E-state index contributed by atoms with van der Waals surface area (Å²) in [6, 6.07) is 20.4. The summed E-state index contributed by atoms with van der Waals surface area (Å²) in [6.07, 6.45) is 8.06. The third-order valence-corrected chi connectivity index (χ3v) is 9.02. The van der Waals surface area contributed by atoms with E-state index in [1.807, 2.05) is 36.4 Å². The molecule has 3 saturated heterocycles. The van der Waals surface area contributed by atoms with Crippen LogP contribution in [0.5, 0.6) is 0 Å². The van der Waals surface area contributed by atoms with E-state index in [9.17, 15) is 5.11 Å². The van der Waals surface area contributed by atoms with Crippen molar-refractivity contribution >= 4 is 0 Å². The number of nitrogens with zero attached hydrogens (tertiary/aromatic N) is 3. The van der Waals surface area contributed by atoms with Gasteiger partial charge in [-0.25, -0.2) is 0 Å². The number of piperidine rings is 3. The van der Waals surface area contributed by atoms with Crippen molar-refractivity contribution in [2.24, 2.45) is 11.8 Å². The van der Waals surface area contributed by atoms with Crippen LogP contribution in [-0.2, 0) is 23.5 Å². The Morgan fingerprint density at radius 1 is 0.889 bits per heavy atom. The molecule has 4 fully saturated rings. The Morgan fingerprint density at radius 3 is 2.31 bits per heavy atom. The lowest BCUT2D eigenvalue weighted by Gasteiger charge is -2.51. The van der Waals surface area contributed by atoms with E-state index in [1.165, 1.54) is 24.8 Å². The lowest BCUT2D eigenvalue weighted by Crippen LogP contribution is -2.63. The standard InChI is InChI=1S/C30H38N3O3/c34-30(25-12-6-2-7-13-25,26-14-8-3-9-15-26)29-32-31-28(36-29)21-33-18-16-24(17-19-33)27(20-33)35-22-23-10-4-1-5-11-23/h1-2,4-7,10-13,24,26-27,34H,3,8-9,14-22H2/q+1/t24?,27-,30-,33?/m0/s1. The minimum absolute atomic E-state index is 0.0930. The van der Waals surface area contributed by atoms with Crippen LogP contribution in [0.15, 0.2) is 65.1 Å². The maximum atomic E-state index is 12.1. The molecule has 4 aliphatic rings. The summed E-state index contributed by atoms with van der Waals surface area (Å²) in [4.78, 5) is 0. The lowest BCUT2D eigenvalue weighted by molar-refractivity contribution is -0.959. The molecule has 190 valence electrons. The second kappa shape index (κ2) is 10.1. The number of quaternary nitrogens is 1. The van der Waals surface area contributed by atoms with Crippen molar-refractivity contribution in [1.82, 2.24) is 10.2 Å². The van der Waals surface area contributed by atoms with Gasteiger partial charge in [0.1, 0.15) is 12.6 Å². The summed E-state index contributed by atoms with van der Waals surface area (Å²) >= 11 is 0. The molecule has 1 saturated carbocycles. The molecule has 7 rings (SSSR count). The minimum atomic E-state index is -1.23. The van der Waals surface area contributed by atoms with E-state index in [0.29, 0.717) is 30.9 Å². The van der Waals surface area contributed by atoms with Crippen LogP contribution in [0, 0.1) is 11.8 Å². The van der Waals surface area contributed by atoms with Gasteiger partial charge in [-0.05, 0) is 24.0 Å². The average molecular weight is 489 g/mol. The van der Waals surface area contributed by atoms with E-state index in [-0.39, 0.29) is 12.0 Å². The van der Waals surface area contributed by atoms with Crippen LogP contribution in [0.4, 0.5) is 0 Å². The van der Waals surface area contributed by atoms with Gasteiger partial charge < -0.3 is 18.7 Å². The first kappa shape index (κ1) is 23.8. The third kappa shape index (κ3) is 4.62. The van der Waals surface area contributed by atoms with E-state index in [1.54, 1.807) is 0 Å². The second-order valence-electron chi connectivity index (χ2n) is 11.3. The minimum Gasteiger partial charge on any atom is -0.416 e. The van der Waals surface area contributed by atoms with Crippen LogP contribution in [0.25, 0.3) is 0 Å². The summed E-state index contributed by atoms with van der Waals surface area (Å²) < 4.78 is 13.7. The first-order valence-corrected chi connectivity index (χ1v) is 13.8. The highest BCUT2D eigenvalue weighted by Gasteiger charge is 2.49. The molecule has 0 amide bonds. The van der Waals surface area contributed by atoms with Gasteiger partial charge in [-0.2, -0.15) is 0 Å². The zero-order valence-corrected chi connectivity index (χ0v) is 21.1. The molecule has 1 aromatic heterocycles. The highest BCUT2D eigenvalue weighted by molar-refractivity contribution is 5.29. The SMILES string of the molecule is O[C@](c1ccccc1)(c1nnc(C[N+]23CCC(CC2)[C@@H](OCc2ccccc2)C3)o1)C1CCCCC1. The van der Waals surface area contributed by atoms with Gasteiger partial charge in [-0.3, -0.25) is 0 Å². The molecule has 0 radical (unpaired) electrons. The van der Waals surface area contributed by atoms with E-state index < -0.39 is 5.60 Å². The van der Waals surface area contributed by atoms with Crippen molar-refractivity contribution in [2.45, 2.75) is 69.8 Å². The van der Waals surface area contributed by atoms with E-state index in [2.05, 4.69) is 34.5 Å². The maximum Gasteiger partial charge on any atom is 0.271 e. The molecule has 0 spiro atoms. The smallest absolute Gasteiger partial charge is 0.271 e. The van der Waals surface area contributed by atoms with Gasteiger partial charge in [-0.15, -0.1) is 10.2 Å². The number of fused-ring (bicyclic) bond motifs is 3. The number of benzene rings is 2. The van der Waals surface area contributed by atoms with Crippen molar-refractivity contribution < 1.29 is 18.7 Å². The van der Waals surface area contributed by atoms with E-state index in [4.69, 9.17) is 9.15 Å². The molecular weight excluding hydrogens is 450 g/mol. The Balaban J connectivity index is 1.20. The molecule has 36 heavy (non-hydrogen) atoms. The van der Waals surface area contributed by atoms with Crippen LogP contribution < -0.4 is 0 Å². The van der Waals surface area contributed by atoms with E-state index in [0.717, 1.165) is 55.4 Å². The summed E-state index contributed by atoms with van der Waals surface area (Å²) in [5.41, 5.74) is 0.848. The van der Waals surface area contributed by atoms with Crippen molar-refractivity contribution in [3.8, 4) is 0 Å². The van der Waals surface area contributed by atoms with Crippen LogP contribution in [0.2, 0.25) is 0 Å². The van der Waals surface area contributed by atoms with Gasteiger partial charge in [0.05, 0.1) is 19.7 Å². The molecule has 6 heteroatoms. The number of hydrogen-bond donors (Lipinski definition) is 1. The highest BCUT2D eigenvalue weighted by Crippen LogP contribution is 2.44. The van der Waals surface area contributed by atoms with Crippen LogP contribution in [-0.4, -0.2) is 45.5 Å². The Kier molecular flexibility index (Phi) is 6.67. The normalized spacial score (nSPS) is 28.1. The van der Waals surface area contributed by atoms with Crippen molar-refractivity contribution in [3.63, 3.8) is 0 Å². The van der Waals surface area contributed by atoms with E-state index >= 15 is 0 Å². The van der Waals surface area contributed by atoms with Gasteiger partial charge in [0.25, 0.3) is 11.8 Å². The Hall–Kier alpha value is -2.54. The molecule has 2 atom stereocenters. The van der Waals surface area contributed by atoms with Crippen molar-refractivity contribution in [3.05, 3.63) is 83.6 Å². The summed E-state index contributed by atoms with van der Waals surface area (Å²) in [7, 11) is 0. The highest BCUT2D eigenvalue weighted by atomic mass is 16.5.